The Hall–Kier alpha value is -0.940. The number of thiazole rings is 1. The summed E-state index contributed by atoms with van der Waals surface area (Å²) in [6.45, 7) is 4.46. The molecule has 0 amide bonds. The molecule has 1 aliphatic rings. The van der Waals surface area contributed by atoms with Crippen molar-refractivity contribution in [3.8, 4) is 0 Å². The molecule has 0 bridgehead atoms. The summed E-state index contributed by atoms with van der Waals surface area (Å²) in [6, 6.07) is 0. The summed E-state index contributed by atoms with van der Waals surface area (Å²) in [5.74, 6) is 0.809. The second-order valence-electron chi connectivity index (χ2n) is 4.72. The van der Waals surface area contributed by atoms with Gasteiger partial charge in [-0.3, -0.25) is 4.79 Å². The normalized spacial score (nSPS) is 14.8. The summed E-state index contributed by atoms with van der Waals surface area (Å²) in [7, 11) is 1.99. The highest BCUT2D eigenvalue weighted by Gasteiger charge is 2.21. The average Bonchev–Trinajstić information content (AvgIpc) is 3.11. The molecular weight excluding hydrogens is 248 g/mol. The second-order valence-corrected chi connectivity index (χ2v) is 5.73. The van der Waals surface area contributed by atoms with Crippen LogP contribution in [0.4, 0.5) is 5.13 Å². The SMILES string of the molecule is CCc1nc(N(C)CCOCC2CC2)sc1C=O. The molecule has 4 nitrogen and oxygen atoms in total. The minimum atomic E-state index is 0.727. The van der Waals surface area contributed by atoms with Crippen molar-refractivity contribution in [1.82, 2.24) is 4.98 Å². The van der Waals surface area contributed by atoms with Gasteiger partial charge in [0, 0.05) is 20.2 Å². The van der Waals surface area contributed by atoms with E-state index >= 15 is 0 Å². The Bertz CT molecular complexity index is 402. The molecule has 1 aromatic rings. The number of carbonyl (C=O) groups is 1. The van der Waals surface area contributed by atoms with E-state index in [1.807, 2.05) is 14.0 Å². The number of carbonyl (C=O) groups excluding carboxylic acids is 1. The van der Waals surface area contributed by atoms with Crippen LogP contribution >= 0.6 is 11.3 Å². The van der Waals surface area contributed by atoms with Crippen molar-refractivity contribution in [3.63, 3.8) is 0 Å². The van der Waals surface area contributed by atoms with Gasteiger partial charge in [0.2, 0.25) is 0 Å². The smallest absolute Gasteiger partial charge is 0.186 e. The van der Waals surface area contributed by atoms with Crippen LogP contribution in [-0.2, 0) is 11.2 Å². The fourth-order valence-corrected chi connectivity index (χ4v) is 2.65. The highest BCUT2D eigenvalue weighted by Crippen LogP contribution is 2.29. The first-order chi connectivity index (χ1) is 8.74. The molecule has 0 radical (unpaired) electrons. The minimum Gasteiger partial charge on any atom is -0.379 e. The molecule has 1 fully saturated rings. The standard InChI is InChI=1S/C13H20N2O2S/c1-3-11-12(8-16)18-13(14-11)15(2)6-7-17-9-10-4-5-10/h8,10H,3-7,9H2,1-2H3. The molecule has 1 aromatic heterocycles. The predicted octanol–water partition coefficient (Wildman–Crippen LogP) is 2.38. The Morgan fingerprint density at radius 3 is 2.89 bits per heavy atom. The molecule has 1 heterocycles. The number of aldehydes is 1. The molecule has 1 saturated carbocycles. The van der Waals surface area contributed by atoms with E-state index in [0.717, 1.165) is 54.1 Å². The van der Waals surface area contributed by atoms with Gasteiger partial charge in [0.25, 0.3) is 0 Å². The summed E-state index contributed by atoms with van der Waals surface area (Å²) in [6.07, 6.45) is 4.35. The number of hydrogen-bond acceptors (Lipinski definition) is 5. The van der Waals surface area contributed by atoms with E-state index in [4.69, 9.17) is 4.74 Å². The summed E-state index contributed by atoms with van der Waals surface area (Å²) < 4.78 is 5.61. The Labute approximate surface area is 112 Å². The third-order valence-corrected chi connectivity index (χ3v) is 4.24. The van der Waals surface area contributed by atoms with E-state index < -0.39 is 0 Å². The van der Waals surface area contributed by atoms with Crippen molar-refractivity contribution < 1.29 is 9.53 Å². The first kappa shape index (κ1) is 13.5. The number of ether oxygens (including phenoxy) is 1. The van der Waals surface area contributed by atoms with Crippen LogP contribution in [-0.4, -0.2) is 38.1 Å². The maximum Gasteiger partial charge on any atom is 0.186 e. The molecule has 18 heavy (non-hydrogen) atoms. The zero-order chi connectivity index (χ0) is 13.0. The molecule has 2 rings (SSSR count). The molecule has 0 spiro atoms. The van der Waals surface area contributed by atoms with Crippen molar-refractivity contribution in [3.05, 3.63) is 10.6 Å². The van der Waals surface area contributed by atoms with Crippen LogP contribution in [0.1, 0.15) is 35.1 Å². The molecule has 0 saturated heterocycles. The molecule has 0 N–H and O–H groups in total. The van der Waals surface area contributed by atoms with Crippen molar-refractivity contribution in [2.75, 3.05) is 31.7 Å². The van der Waals surface area contributed by atoms with Gasteiger partial charge < -0.3 is 9.64 Å². The fraction of sp³-hybridized carbons (Fsp3) is 0.692. The van der Waals surface area contributed by atoms with Crippen LogP contribution in [0.15, 0.2) is 0 Å². The Balaban J connectivity index is 1.80. The van der Waals surface area contributed by atoms with Crippen molar-refractivity contribution in [2.24, 2.45) is 5.92 Å². The highest BCUT2D eigenvalue weighted by atomic mass is 32.1. The van der Waals surface area contributed by atoms with Gasteiger partial charge in [0.1, 0.15) is 0 Å². The van der Waals surface area contributed by atoms with E-state index in [0.29, 0.717) is 0 Å². The minimum absolute atomic E-state index is 0.727. The third kappa shape index (κ3) is 3.53. The largest absolute Gasteiger partial charge is 0.379 e. The summed E-state index contributed by atoms with van der Waals surface area (Å²) in [5, 5.41) is 0.906. The van der Waals surface area contributed by atoms with Gasteiger partial charge in [-0.25, -0.2) is 4.98 Å². The van der Waals surface area contributed by atoms with E-state index in [1.165, 1.54) is 24.2 Å². The molecular formula is C13H20N2O2S. The lowest BCUT2D eigenvalue weighted by molar-refractivity contribution is 0.112. The van der Waals surface area contributed by atoms with Crippen molar-refractivity contribution >= 4 is 22.8 Å². The summed E-state index contributed by atoms with van der Waals surface area (Å²) in [5.41, 5.74) is 0.899. The maximum absolute atomic E-state index is 10.9. The molecule has 0 aromatic carbocycles. The molecule has 100 valence electrons. The Morgan fingerprint density at radius 2 is 2.33 bits per heavy atom. The van der Waals surface area contributed by atoms with E-state index in [9.17, 15) is 4.79 Å². The topological polar surface area (TPSA) is 42.4 Å². The van der Waals surface area contributed by atoms with Gasteiger partial charge in [-0.1, -0.05) is 18.3 Å². The van der Waals surface area contributed by atoms with Crippen LogP contribution in [0.2, 0.25) is 0 Å². The Kier molecular flexibility index (Phi) is 4.72. The van der Waals surface area contributed by atoms with Crippen LogP contribution in [0.3, 0.4) is 0 Å². The highest BCUT2D eigenvalue weighted by molar-refractivity contribution is 7.17. The molecule has 0 aliphatic heterocycles. The number of rotatable bonds is 8. The first-order valence-corrected chi connectivity index (χ1v) is 7.30. The zero-order valence-corrected chi connectivity index (χ0v) is 11.8. The van der Waals surface area contributed by atoms with Crippen molar-refractivity contribution in [2.45, 2.75) is 26.2 Å². The lowest BCUT2D eigenvalue weighted by Gasteiger charge is -2.15. The van der Waals surface area contributed by atoms with Crippen LogP contribution in [0, 0.1) is 5.92 Å². The molecule has 0 unspecified atom stereocenters. The van der Waals surface area contributed by atoms with Gasteiger partial charge in [-0.2, -0.15) is 0 Å². The fourth-order valence-electron chi connectivity index (χ4n) is 1.69. The number of nitrogens with zero attached hydrogens (tertiary/aromatic N) is 2. The maximum atomic E-state index is 10.9. The van der Waals surface area contributed by atoms with E-state index in [1.54, 1.807) is 0 Å². The monoisotopic (exact) mass is 268 g/mol. The van der Waals surface area contributed by atoms with Crippen LogP contribution < -0.4 is 4.90 Å². The number of likely N-dealkylation sites (N-methyl/N-ethyl adjacent to an activating group) is 1. The van der Waals surface area contributed by atoms with Gasteiger partial charge in [-0.15, -0.1) is 0 Å². The quantitative estimate of drug-likeness (QED) is 0.536. The molecule has 5 heteroatoms. The Morgan fingerprint density at radius 1 is 1.56 bits per heavy atom. The van der Waals surface area contributed by atoms with Gasteiger partial charge in [0.05, 0.1) is 17.2 Å². The summed E-state index contributed by atoms with van der Waals surface area (Å²) in [4.78, 5) is 18.2. The first-order valence-electron chi connectivity index (χ1n) is 6.48. The van der Waals surface area contributed by atoms with Crippen LogP contribution in [0.5, 0.6) is 0 Å². The lowest BCUT2D eigenvalue weighted by Crippen LogP contribution is -2.22. The lowest BCUT2D eigenvalue weighted by atomic mass is 10.3. The predicted molar refractivity (Wildman–Crippen MR) is 73.7 cm³/mol. The number of aryl methyl sites for hydroxylation is 1. The van der Waals surface area contributed by atoms with Gasteiger partial charge in [0.15, 0.2) is 11.4 Å². The number of hydrogen-bond donors (Lipinski definition) is 0. The van der Waals surface area contributed by atoms with E-state index in [-0.39, 0.29) is 0 Å². The zero-order valence-electron chi connectivity index (χ0n) is 11.0. The van der Waals surface area contributed by atoms with Crippen molar-refractivity contribution in [1.29, 1.82) is 0 Å². The van der Waals surface area contributed by atoms with E-state index in [2.05, 4.69) is 9.88 Å². The average molecular weight is 268 g/mol. The van der Waals surface area contributed by atoms with Gasteiger partial charge >= 0.3 is 0 Å². The van der Waals surface area contributed by atoms with Gasteiger partial charge in [-0.05, 0) is 25.2 Å². The molecule has 0 atom stereocenters. The van der Waals surface area contributed by atoms with Crippen LogP contribution in [0.25, 0.3) is 0 Å². The second kappa shape index (κ2) is 6.29. The number of aromatic nitrogens is 1. The molecule has 1 aliphatic carbocycles. The number of anilines is 1. The third-order valence-electron chi connectivity index (χ3n) is 3.11. The summed E-state index contributed by atoms with van der Waals surface area (Å²) >= 11 is 1.46.